The van der Waals surface area contributed by atoms with Gasteiger partial charge in [-0.15, -0.1) is 0 Å². The highest BCUT2D eigenvalue weighted by atomic mass is 32.1. The Morgan fingerprint density at radius 1 is 1.32 bits per heavy atom. The maximum Gasteiger partial charge on any atom is 0.347 e. The number of aryl methyl sites for hydroxylation is 1. The lowest BCUT2D eigenvalue weighted by atomic mass is 10.3. The molecule has 0 spiro atoms. The average molecular weight is 359 g/mol. The molecule has 130 valence electrons. The summed E-state index contributed by atoms with van der Waals surface area (Å²) in [5.41, 5.74) is 0.0946. The summed E-state index contributed by atoms with van der Waals surface area (Å²) >= 11 is 1.34. The maximum absolute atomic E-state index is 12.1. The molecule has 0 aliphatic rings. The van der Waals surface area contributed by atoms with Crippen LogP contribution in [-0.4, -0.2) is 26.7 Å². The van der Waals surface area contributed by atoms with Gasteiger partial charge in [0.1, 0.15) is 17.4 Å². The Bertz CT molecular complexity index is 936. The van der Waals surface area contributed by atoms with E-state index < -0.39 is 12.1 Å². The third-order valence-corrected chi connectivity index (χ3v) is 4.45. The van der Waals surface area contributed by atoms with Crippen molar-refractivity contribution in [3.8, 4) is 5.75 Å². The normalized spacial score (nSPS) is 12.1. The van der Waals surface area contributed by atoms with Gasteiger partial charge in [-0.05, 0) is 25.5 Å². The number of fused-ring (bicyclic) bond motifs is 1. The van der Waals surface area contributed by atoms with Crippen molar-refractivity contribution >= 4 is 22.3 Å². The molecule has 1 aromatic carbocycles. The Balaban J connectivity index is 1.65. The third kappa shape index (κ3) is 4.03. The number of aromatic nitrogens is 3. The van der Waals surface area contributed by atoms with E-state index in [0.717, 1.165) is 11.4 Å². The van der Waals surface area contributed by atoms with Crippen LogP contribution in [0.3, 0.4) is 0 Å². The van der Waals surface area contributed by atoms with Crippen LogP contribution < -0.4 is 10.3 Å². The van der Waals surface area contributed by atoms with E-state index in [-0.39, 0.29) is 12.2 Å². The molecule has 3 rings (SSSR count). The zero-order chi connectivity index (χ0) is 17.8. The van der Waals surface area contributed by atoms with Crippen LogP contribution in [0, 0.1) is 0 Å². The van der Waals surface area contributed by atoms with E-state index >= 15 is 0 Å². The quantitative estimate of drug-likeness (QED) is 0.628. The molecule has 0 saturated heterocycles. The lowest BCUT2D eigenvalue weighted by Crippen LogP contribution is -2.26. The molecule has 0 radical (unpaired) electrons. The molecule has 0 saturated carbocycles. The highest BCUT2D eigenvalue weighted by Gasteiger charge is 2.17. The van der Waals surface area contributed by atoms with Gasteiger partial charge in [-0.1, -0.05) is 36.5 Å². The van der Waals surface area contributed by atoms with E-state index in [1.54, 1.807) is 19.1 Å². The molecule has 0 bridgehead atoms. The largest absolute Gasteiger partial charge is 0.479 e. The number of para-hydroxylation sites is 1. The first kappa shape index (κ1) is 17.1. The van der Waals surface area contributed by atoms with Crippen molar-refractivity contribution in [3.63, 3.8) is 0 Å². The van der Waals surface area contributed by atoms with Crippen LogP contribution in [0.25, 0.3) is 4.96 Å². The molecule has 7 nitrogen and oxygen atoms in total. The highest BCUT2D eigenvalue weighted by Crippen LogP contribution is 2.13. The molecule has 0 amide bonds. The topological polar surface area (TPSA) is 82.8 Å². The number of carbonyl (C=O) groups is 1. The van der Waals surface area contributed by atoms with Crippen molar-refractivity contribution in [2.24, 2.45) is 0 Å². The number of nitrogens with zero attached hydrogens (tertiary/aromatic N) is 3. The molecule has 0 fully saturated rings. The second kappa shape index (κ2) is 7.43. The fraction of sp³-hybridized carbons (Fsp3) is 0.294. The van der Waals surface area contributed by atoms with Crippen LogP contribution >= 0.6 is 11.3 Å². The molecule has 8 heteroatoms. The Hall–Kier alpha value is -2.74. The number of hydrogen-bond acceptors (Lipinski definition) is 7. The van der Waals surface area contributed by atoms with Gasteiger partial charge in [0, 0.05) is 6.07 Å². The number of carbonyl (C=O) groups excluding carboxylic acids is 1. The minimum absolute atomic E-state index is 0.0909. The number of ether oxygens (including phenoxy) is 2. The minimum atomic E-state index is -0.762. The molecule has 2 heterocycles. The fourth-order valence-electron chi connectivity index (χ4n) is 2.13. The molecule has 1 atom stereocenters. The molecule has 2 aromatic heterocycles. The number of benzene rings is 1. The molecule has 1 unspecified atom stereocenters. The van der Waals surface area contributed by atoms with Crippen molar-refractivity contribution in [2.45, 2.75) is 33.0 Å². The zero-order valence-electron chi connectivity index (χ0n) is 13.8. The van der Waals surface area contributed by atoms with Gasteiger partial charge in [-0.25, -0.2) is 9.78 Å². The monoisotopic (exact) mass is 359 g/mol. The third-order valence-electron chi connectivity index (χ3n) is 3.39. The average Bonchev–Trinajstić information content (AvgIpc) is 3.04. The Kier molecular flexibility index (Phi) is 5.08. The fourth-order valence-corrected chi connectivity index (χ4v) is 2.98. The van der Waals surface area contributed by atoms with Crippen molar-refractivity contribution in [1.82, 2.24) is 14.6 Å². The Morgan fingerprint density at radius 2 is 2.08 bits per heavy atom. The maximum atomic E-state index is 12.1. The van der Waals surface area contributed by atoms with Crippen LogP contribution in [0.4, 0.5) is 0 Å². The molecule has 3 aromatic rings. The zero-order valence-corrected chi connectivity index (χ0v) is 14.7. The van der Waals surface area contributed by atoms with Gasteiger partial charge < -0.3 is 9.47 Å². The lowest BCUT2D eigenvalue weighted by Gasteiger charge is -2.13. The van der Waals surface area contributed by atoms with Crippen LogP contribution in [0.1, 0.15) is 24.5 Å². The minimum Gasteiger partial charge on any atom is -0.479 e. The summed E-state index contributed by atoms with van der Waals surface area (Å²) in [5, 5.41) is 5.00. The smallest absolute Gasteiger partial charge is 0.347 e. The predicted molar refractivity (Wildman–Crippen MR) is 92.8 cm³/mol. The van der Waals surface area contributed by atoms with Gasteiger partial charge in [0.05, 0.1) is 5.69 Å². The van der Waals surface area contributed by atoms with Crippen molar-refractivity contribution < 1.29 is 14.3 Å². The first-order chi connectivity index (χ1) is 12.1. The molecule has 0 aliphatic carbocycles. The molecule has 0 N–H and O–H groups in total. The van der Waals surface area contributed by atoms with Gasteiger partial charge in [0.25, 0.3) is 5.56 Å². The van der Waals surface area contributed by atoms with Gasteiger partial charge in [-0.2, -0.15) is 9.61 Å². The SMILES string of the molecule is CCc1nn2c(=O)cc(COC(=O)C(C)Oc3ccccc3)nc2s1. The van der Waals surface area contributed by atoms with Crippen molar-refractivity contribution in [3.05, 3.63) is 57.5 Å². The van der Waals surface area contributed by atoms with Crippen LogP contribution in [-0.2, 0) is 22.6 Å². The van der Waals surface area contributed by atoms with Crippen molar-refractivity contribution in [1.29, 1.82) is 0 Å². The summed E-state index contributed by atoms with van der Waals surface area (Å²) in [6.45, 7) is 3.48. The van der Waals surface area contributed by atoms with Gasteiger partial charge >= 0.3 is 5.97 Å². The number of hydrogen-bond donors (Lipinski definition) is 0. The highest BCUT2D eigenvalue weighted by molar-refractivity contribution is 7.16. The second-order valence-electron chi connectivity index (χ2n) is 5.31. The number of rotatable bonds is 6. The van der Waals surface area contributed by atoms with E-state index in [1.807, 2.05) is 25.1 Å². The van der Waals surface area contributed by atoms with Crippen LogP contribution in [0.5, 0.6) is 5.75 Å². The molecular formula is C17H17N3O4S. The van der Waals surface area contributed by atoms with Gasteiger partial charge in [-0.3, -0.25) is 4.79 Å². The summed E-state index contributed by atoms with van der Waals surface area (Å²) in [6.07, 6.45) is -0.0334. The van der Waals surface area contributed by atoms with E-state index in [0.29, 0.717) is 16.4 Å². The summed E-state index contributed by atoms with van der Waals surface area (Å²) in [6, 6.07) is 10.3. The summed E-state index contributed by atoms with van der Waals surface area (Å²) < 4.78 is 12.0. The summed E-state index contributed by atoms with van der Waals surface area (Å²) in [5.74, 6) is 0.0610. The molecule has 0 aliphatic heterocycles. The first-order valence-electron chi connectivity index (χ1n) is 7.84. The van der Waals surface area contributed by atoms with E-state index in [1.165, 1.54) is 21.9 Å². The Labute approximate surface area is 147 Å². The van der Waals surface area contributed by atoms with E-state index in [9.17, 15) is 9.59 Å². The van der Waals surface area contributed by atoms with Crippen molar-refractivity contribution in [2.75, 3.05) is 0 Å². The van der Waals surface area contributed by atoms with Crippen LogP contribution in [0.15, 0.2) is 41.2 Å². The standard InChI is InChI=1S/C17H17N3O4S/c1-3-14-19-20-15(21)9-12(18-17(20)25-14)10-23-16(22)11(2)24-13-7-5-4-6-8-13/h4-9,11H,3,10H2,1-2H3. The van der Waals surface area contributed by atoms with Crippen LogP contribution in [0.2, 0.25) is 0 Å². The van der Waals surface area contributed by atoms with E-state index in [4.69, 9.17) is 9.47 Å². The summed E-state index contributed by atoms with van der Waals surface area (Å²) in [7, 11) is 0. The molecular weight excluding hydrogens is 342 g/mol. The van der Waals surface area contributed by atoms with Gasteiger partial charge in [0.15, 0.2) is 6.10 Å². The number of esters is 1. The molecule has 25 heavy (non-hydrogen) atoms. The lowest BCUT2D eigenvalue weighted by molar-refractivity contribution is -0.152. The van der Waals surface area contributed by atoms with Gasteiger partial charge in [0.2, 0.25) is 4.96 Å². The predicted octanol–water partition coefficient (Wildman–Crippen LogP) is 2.22. The first-order valence-corrected chi connectivity index (χ1v) is 8.65. The Morgan fingerprint density at radius 3 is 2.80 bits per heavy atom. The van der Waals surface area contributed by atoms with E-state index in [2.05, 4.69) is 10.1 Å². The summed E-state index contributed by atoms with van der Waals surface area (Å²) in [4.78, 5) is 28.9. The second-order valence-corrected chi connectivity index (χ2v) is 6.35.